The Morgan fingerprint density at radius 2 is 2.09 bits per heavy atom. The molecule has 1 atom stereocenters. The van der Waals surface area contributed by atoms with Crippen molar-refractivity contribution in [3.63, 3.8) is 0 Å². The van der Waals surface area contributed by atoms with Gasteiger partial charge in [0.05, 0.1) is 22.9 Å². The van der Waals surface area contributed by atoms with Gasteiger partial charge < -0.3 is 4.90 Å². The lowest BCUT2D eigenvalue weighted by atomic mass is 10.0. The van der Waals surface area contributed by atoms with E-state index in [0.29, 0.717) is 5.92 Å². The highest BCUT2D eigenvalue weighted by molar-refractivity contribution is 7.13. The molecule has 4 rings (SSSR count). The molecule has 1 saturated carbocycles. The Labute approximate surface area is 140 Å². The second-order valence-electron chi connectivity index (χ2n) is 6.70. The molecule has 0 radical (unpaired) electrons. The molecular formula is C17H22N4OS. The fraction of sp³-hybridized carbons (Fsp3) is 0.588. The number of hydrogen-bond donors (Lipinski definition) is 0. The van der Waals surface area contributed by atoms with Crippen molar-refractivity contribution in [3.05, 3.63) is 33.0 Å². The summed E-state index contributed by atoms with van der Waals surface area (Å²) in [6.45, 7) is 4.96. The Balaban J connectivity index is 1.62. The zero-order valence-corrected chi connectivity index (χ0v) is 14.7. The van der Waals surface area contributed by atoms with E-state index >= 15 is 0 Å². The predicted molar refractivity (Wildman–Crippen MR) is 89.8 cm³/mol. The summed E-state index contributed by atoms with van der Waals surface area (Å²) in [5.74, 6) is 0.748. The van der Waals surface area contributed by atoms with Gasteiger partial charge >= 0.3 is 0 Å². The Bertz CT molecular complexity index is 759. The second kappa shape index (κ2) is 5.44. The first-order valence-corrected chi connectivity index (χ1v) is 9.14. The maximum atomic E-state index is 13.0. The van der Waals surface area contributed by atoms with Crippen LogP contribution in [0.3, 0.4) is 0 Å². The van der Waals surface area contributed by atoms with Crippen molar-refractivity contribution in [2.24, 2.45) is 7.05 Å². The Morgan fingerprint density at radius 3 is 2.74 bits per heavy atom. The van der Waals surface area contributed by atoms with Crippen LogP contribution in [0.15, 0.2) is 6.20 Å². The maximum Gasteiger partial charge on any atom is 0.266 e. The number of rotatable bonds is 3. The van der Waals surface area contributed by atoms with Gasteiger partial charge in [0.2, 0.25) is 0 Å². The van der Waals surface area contributed by atoms with Crippen molar-refractivity contribution in [1.29, 1.82) is 0 Å². The van der Waals surface area contributed by atoms with Gasteiger partial charge in [0.1, 0.15) is 4.88 Å². The van der Waals surface area contributed by atoms with Crippen LogP contribution in [0, 0.1) is 13.8 Å². The molecule has 0 N–H and O–H groups in total. The van der Waals surface area contributed by atoms with Crippen molar-refractivity contribution < 1.29 is 4.79 Å². The fourth-order valence-corrected chi connectivity index (χ4v) is 4.67. The highest BCUT2D eigenvalue weighted by atomic mass is 32.1. The lowest BCUT2D eigenvalue weighted by Gasteiger charge is -2.24. The molecular weight excluding hydrogens is 308 g/mol. The molecule has 122 valence electrons. The zero-order chi connectivity index (χ0) is 16.1. The molecule has 2 fully saturated rings. The van der Waals surface area contributed by atoms with Gasteiger partial charge in [-0.25, -0.2) is 4.98 Å². The molecule has 0 unspecified atom stereocenters. The van der Waals surface area contributed by atoms with Crippen LogP contribution in [-0.4, -0.2) is 32.1 Å². The molecule has 3 heterocycles. The second-order valence-corrected chi connectivity index (χ2v) is 7.76. The number of hydrogen-bond acceptors (Lipinski definition) is 4. The molecule has 0 spiro atoms. The molecule has 6 heteroatoms. The smallest absolute Gasteiger partial charge is 0.266 e. The minimum absolute atomic E-state index is 0.138. The average Bonchev–Trinajstić information content (AvgIpc) is 2.96. The molecule has 2 aromatic heterocycles. The number of nitrogens with zero attached hydrogens (tertiary/aromatic N) is 4. The summed E-state index contributed by atoms with van der Waals surface area (Å²) in [6, 6.07) is 0.155. The quantitative estimate of drug-likeness (QED) is 0.867. The van der Waals surface area contributed by atoms with Gasteiger partial charge in [0, 0.05) is 30.8 Å². The van der Waals surface area contributed by atoms with Gasteiger partial charge in [0.25, 0.3) is 5.91 Å². The molecule has 2 aromatic rings. The number of carbonyl (C=O) groups is 1. The van der Waals surface area contributed by atoms with E-state index in [2.05, 4.69) is 17.0 Å². The standard InChI is InChI=1S/C17H22N4OS/c1-10-15(11(2)20(3)19-10)13-5-4-8-21(13)17(22)14-9-18-16(23-14)12-6-7-12/h9,12-13H,4-8H2,1-3H3/t13-/m1/s1. The van der Waals surface area contributed by atoms with Gasteiger partial charge in [0.15, 0.2) is 0 Å². The average molecular weight is 330 g/mol. The number of thiazole rings is 1. The third-order valence-electron chi connectivity index (χ3n) is 5.07. The highest BCUT2D eigenvalue weighted by Crippen LogP contribution is 2.42. The van der Waals surface area contributed by atoms with Crippen LogP contribution in [0.1, 0.15) is 69.3 Å². The Kier molecular flexibility index (Phi) is 3.52. The first-order valence-electron chi connectivity index (χ1n) is 8.33. The molecule has 23 heavy (non-hydrogen) atoms. The first-order chi connectivity index (χ1) is 11.1. The van der Waals surface area contributed by atoms with Crippen molar-refractivity contribution in [3.8, 4) is 0 Å². The first kappa shape index (κ1) is 14.9. The minimum Gasteiger partial charge on any atom is -0.331 e. The molecule has 0 aromatic carbocycles. The van der Waals surface area contributed by atoms with E-state index in [-0.39, 0.29) is 11.9 Å². The van der Waals surface area contributed by atoms with Gasteiger partial charge in [-0.1, -0.05) is 0 Å². The number of likely N-dealkylation sites (tertiary alicyclic amines) is 1. The molecule has 1 amide bonds. The van der Waals surface area contributed by atoms with E-state index in [1.807, 2.05) is 23.6 Å². The topological polar surface area (TPSA) is 51.0 Å². The molecule has 2 aliphatic rings. The monoisotopic (exact) mass is 330 g/mol. The number of carbonyl (C=O) groups excluding carboxylic acids is 1. The van der Waals surface area contributed by atoms with Gasteiger partial charge in [-0.05, 0) is 39.5 Å². The van der Waals surface area contributed by atoms with Crippen LogP contribution < -0.4 is 0 Å². The molecule has 1 saturated heterocycles. The summed E-state index contributed by atoms with van der Waals surface area (Å²) >= 11 is 1.59. The summed E-state index contributed by atoms with van der Waals surface area (Å²) in [4.78, 5) is 20.3. The minimum atomic E-state index is 0.138. The summed E-state index contributed by atoms with van der Waals surface area (Å²) in [5, 5.41) is 5.66. The number of amides is 1. The molecule has 1 aliphatic carbocycles. The Hall–Kier alpha value is -1.69. The summed E-state index contributed by atoms with van der Waals surface area (Å²) in [6.07, 6.45) is 6.30. The van der Waals surface area contributed by atoms with E-state index in [4.69, 9.17) is 0 Å². The van der Waals surface area contributed by atoms with E-state index in [0.717, 1.165) is 40.7 Å². The van der Waals surface area contributed by atoms with E-state index in [9.17, 15) is 4.79 Å². The largest absolute Gasteiger partial charge is 0.331 e. The van der Waals surface area contributed by atoms with Crippen LogP contribution in [0.25, 0.3) is 0 Å². The van der Waals surface area contributed by atoms with Crippen LogP contribution in [0.5, 0.6) is 0 Å². The molecule has 0 bridgehead atoms. The Morgan fingerprint density at radius 1 is 1.30 bits per heavy atom. The van der Waals surface area contributed by atoms with E-state index in [1.165, 1.54) is 18.4 Å². The van der Waals surface area contributed by atoms with E-state index in [1.54, 1.807) is 17.5 Å². The zero-order valence-electron chi connectivity index (χ0n) is 13.9. The lowest BCUT2D eigenvalue weighted by Crippen LogP contribution is -2.30. The number of aryl methyl sites for hydroxylation is 2. The third-order valence-corrected chi connectivity index (χ3v) is 6.22. The van der Waals surface area contributed by atoms with Crippen LogP contribution in [0.2, 0.25) is 0 Å². The van der Waals surface area contributed by atoms with Gasteiger partial charge in [-0.3, -0.25) is 9.48 Å². The highest BCUT2D eigenvalue weighted by Gasteiger charge is 2.35. The predicted octanol–water partition coefficient (Wildman–Crippen LogP) is 3.35. The normalized spacial score (nSPS) is 21.2. The van der Waals surface area contributed by atoms with Crippen molar-refractivity contribution in [2.45, 2.75) is 51.5 Å². The SMILES string of the molecule is Cc1nn(C)c(C)c1[C@H]1CCCN1C(=O)c1cnc(C2CC2)s1. The molecule has 5 nitrogen and oxygen atoms in total. The lowest BCUT2D eigenvalue weighted by molar-refractivity contribution is 0.0739. The molecule has 1 aliphatic heterocycles. The van der Waals surface area contributed by atoms with Crippen molar-refractivity contribution in [2.75, 3.05) is 6.54 Å². The summed E-state index contributed by atoms with van der Waals surface area (Å²) in [5.41, 5.74) is 3.43. The fourth-order valence-electron chi connectivity index (χ4n) is 3.63. The van der Waals surface area contributed by atoms with Crippen molar-refractivity contribution >= 4 is 17.2 Å². The summed E-state index contributed by atoms with van der Waals surface area (Å²) < 4.78 is 1.92. The van der Waals surface area contributed by atoms with Crippen LogP contribution in [0.4, 0.5) is 0 Å². The van der Waals surface area contributed by atoms with Crippen LogP contribution in [-0.2, 0) is 7.05 Å². The van der Waals surface area contributed by atoms with Gasteiger partial charge in [-0.2, -0.15) is 5.10 Å². The number of aromatic nitrogens is 3. The summed E-state index contributed by atoms with van der Waals surface area (Å²) in [7, 11) is 1.97. The van der Waals surface area contributed by atoms with Gasteiger partial charge in [-0.15, -0.1) is 11.3 Å². The van der Waals surface area contributed by atoms with Crippen molar-refractivity contribution in [1.82, 2.24) is 19.7 Å². The van der Waals surface area contributed by atoms with E-state index < -0.39 is 0 Å². The third kappa shape index (κ3) is 2.49. The maximum absolute atomic E-state index is 13.0. The van der Waals surface area contributed by atoms with Crippen LogP contribution >= 0.6 is 11.3 Å².